The summed E-state index contributed by atoms with van der Waals surface area (Å²) < 4.78 is 20.9. The van der Waals surface area contributed by atoms with Crippen LogP contribution >= 0.6 is 0 Å². The molecule has 0 aliphatic carbocycles. The Morgan fingerprint density at radius 3 is 3.09 bits per heavy atom. The van der Waals surface area contributed by atoms with Crippen LogP contribution in [-0.4, -0.2) is 22.9 Å². The molecule has 0 spiro atoms. The maximum atomic E-state index is 13.4. The first kappa shape index (κ1) is 15.0. The van der Waals surface area contributed by atoms with Gasteiger partial charge in [0.05, 0.1) is 12.8 Å². The van der Waals surface area contributed by atoms with Crippen LogP contribution in [0, 0.1) is 12.7 Å². The van der Waals surface area contributed by atoms with E-state index >= 15 is 0 Å². The van der Waals surface area contributed by atoms with Crippen LogP contribution in [0.25, 0.3) is 0 Å². The van der Waals surface area contributed by atoms with Crippen molar-refractivity contribution in [3.8, 4) is 5.75 Å². The van der Waals surface area contributed by atoms with Gasteiger partial charge in [-0.05, 0) is 44.4 Å². The van der Waals surface area contributed by atoms with E-state index in [9.17, 15) is 4.39 Å². The predicted molar refractivity (Wildman–Crippen MR) is 83.5 cm³/mol. The zero-order valence-electron chi connectivity index (χ0n) is 13.1. The molecule has 1 aromatic heterocycles. The molecule has 0 amide bonds. The predicted octanol–water partition coefficient (Wildman–Crippen LogP) is 2.91. The highest BCUT2D eigenvalue weighted by atomic mass is 19.1. The number of benzene rings is 1. The van der Waals surface area contributed by atoms with Gasteiger partial charge in [0.2, 0.25) is 0 Å². The number of hydrogen-bond acceptors (Lipinski definition) is 3. The highest BCUT2D eigenvalue weighted by molar-refractivity contribution is 5.37. The van der Waals surface area contributed by atoms with Crippen LogP contribution in [0.5, 0.6) is 5.75 Å². The van der Waals surface area contributed by atoms with Crippen molar-refractivity contribution in [3.05, 3.63) is 47.0 Å². The van der Waals surface area contributed by atoms with Crippen LogP contribution in [0.3, 0.4) is 0 Å². The lowest BCUT2D eigenvalue weighted by molar-refractivity contribution is 0.314. The van der Waals surface area contributed by atoms with Crippen molar-refractivity contribution >= 4 is 0 Å². The molecule has 4 nitrogen and oxygen atoms in total. The minimum absolute atomic E-state index is 0.218. The number of aryl methyl sites for hydroxylation is 1. The quantitative estimate of drug-likeness (QED) is 0.944. The van der Waals surface area contributed by atoms with Crippen LogP contribution in [0.2, 0.25) is 0 Å². The smallest absolute Gasteiger partial charge is 0.126 e. The van der Waals surface area contributed by atoms with E-state index in [0.29, 0.717) is 12.4 Å². The zero-order valence-corrected chi connectivity index (χ0v) is 13.1. The highest BCUT2D eigenvalue weighted by Gasteiger charge is 2.19. The van der Waals surface area contributed by atoms with Gasteiger partial charge in [0.15, 0.2) is 0 Å². The fourth-order valence-corrected chi connectivity index (χ4v) is 2.93. The Kier molecular flexibility index (Phi) is 4.43. The lowest BCUT2D eigenvalue weighted by atomic mass is 10.0. The molecule has 0 saturated carbocycles. The molecule has 22 heavy (non-hydrogen) atoms. The monoisotopic (exact) mass is 303 g/mol. The van der Waals surface area contributed by atoms with Gasteiger partial charge >= 0.3 is 0 Å². The van der Waals surface area contributed by atoms with E-state index in [2.05, 4.69) is 17.3 Å². The Morgan fingerprint density at radius 1 is 1.45 bits per heavy atom. The first-order valence-corrected chi connectivity index (χ1v) is 7.78. The normalized spacial score (nSPS) is 17.7. The summed E-state index contributed by atoms with van der Waals surface area (Å²) in [7, 11) is 1.96. The Balaban J connectivity index is 1.66. The molecule has 2 aromatic rings. The van der Waals surface area contributed by atoms with Crippen LogP contribution in [0.1, 0.15) is 35.7 Å². The molecule has 1 aliphatic heterocycles. The molecule has 1 N–H and O–H groups in total. The molecule has 0 radical (unpaired) electrons. The first-order chi connectivity index (χ1) is 10.6. The number of aromatic nitrogens is 2. The lowest BCUT2D eigenvalue weighted by Crippen LogP contribution is -2.23. The van der Waals surface area contributed by atoms with E-state index in [4.69, 9.17) is 4.74 Å². The first-order valence-electron chi connectivity index (χ1n) is 7.78. The van der Waals surface area contributed by atoms with Crippen molar-refractivity contribution in [3.63, 3.8) is 0 Å². The van der Waals surface area contributed by atoms with E-state index in [1.54, 1.807) is 0 Å². The van der Waals surface area contributed by atoms with Gasteiger partial charge in [-0.2, -0.15) is 5.10 Å². The topological polar surface area (TPSA) is 39.1 Å². The summed E-state index contributed by atoms with van der Waals surface area (Å²) in [6, 6.07) is 5.05. The molecular formula is C17H22FN3O. The van der Waals surface area contributed by atoms with Crippen LogP contribution in [0.4, 0.5) is 4.39 Å². The highest BCUT2D eigenvalue weighted by Crippen LogP contribution is 2.32. The molecule has 1 aliphatic rings. The summed E-state index contributed by atoms with van der Waals surface area (Å²) in [6.45, 7) is 3.60. The number of nitrogens with zero attached hydrogens (tertiary/aromatic N) is 2. The summed E-state index contributed by atoms with van der Waals surface area (Å²) in [5, 5.41) is 7.85. The van der Waals surface area contributed by atoms with Crippen molar-refractivity contribution in [2.45, 2.75) is 32.2 Å². The third kappa shape index (κ3) is 3.14. The average molecular weight is 303 g/mol. The van der Waals surface area contributed by atoms with Crippen molar-refractivity contribution in [2.75, 3.05) is 13.2 Å². The number of nitrogens with one attached hydrogen (secondary N) is 1. The summed E-state index contributed by atoms with van der Waals surface area (Å²) in [5.41, 5.74) is 3.52. The molecule has 3 rings (SSSR count). The number of fused-ring (bicyclic) bond motifs is 1. The zero-order chi connectivity index (χ0) is 15.5. The minimum atomic E-state index is -0.245. The second kappa shape index (κ2) is 6.48. The fraction of sp³-hybridized carbons (Fsp3) is 0.471. The molecule has 1 aromatic carbocycles. The maximum absolute atomic E-state index is 13.4. The molecule has 118 valence electrons. The standard InChI is InChI=1S/C17H22FN3O/c1-12-13(11-20-21(12)2)7-8-19-16-4-3-9-22-17-10-14(18)5-6-15(16)17/h5-6,10-11,16,19H,3-4,7-9H2,1-2H3/t16-/m0/s1. The van der Waals surface area contributed by atoms with Gasteiger partial charge in [0.1, 0.15) is 11.6 Å². The lowest BCUT2D eigenvalue weighted by Gasteiger charge is -2.18. The van der Waals surface area contributed by atoms with E-state index in [0.717, 1.165) is 31.4 Å². The Bertz CT molecular complexity index is 653. The average Bonchev–Trinajstić information content (AvgIpc) is 2.72. The van der Waals surface area contributed by atoms with Crippen LogP contribution < -0.4 is 10.1 Å². The minimum Gasteiger partial charge on any atom is -0.493 e. The number of ether oxygens (including phenoxy) is 1. The van der Waals surface area contributed by atoms with Gasteiger partial charge in [-0.1, -0.05) is 6.07 Å². The Morgan fingerprint density at radius 2 is 2.32 bits per heavy atom. The van der Waals surface area contributed by atoms with Crippen molar-refractivity contribution in [1.82, 2.24) is 15.1 Å². The SMILES string of the molecule is Cc1c(CCN[C@H]2CCCOc3cc(F)ccc32)cnn1C. The largest absolute Gasteiger partial charge is 0.493 e. The van der Waals surface area contributed by atoms with Crippen LogP contribution in [0.15, 0.2) is 24.4 Å². The van der Waals surface area contributed by atoms with E-state index in [1.807, 2.05) is 24.0 Å². The second-order valence-electron chi connectivity index (χ2n) is 5.81. The van der Waals surface area contributed by atoms with Gasteiger partial charge in [-0.25, -0.2) is 4.39 Å². The molecule has 2 heterocycles. The van der Waals surface area contributed by atoms with E-state index < -0.39 is 0 Å². The third-order valence-electron chi connectivity index (χ3n) is 4.37. The van der Waals surface area contributed by atoms with Crippen molar-refractivity contribution in [1.29, 1.82) is 0 Å². The van der Waals surface area contributed by atoms with Gasteiger partial charge in [-0.15, -0.1) is 0 Å². The molecule has 1 atom stereocenters. The molecular weight excluding hydrogens is 281 g/mol. The van der Waals surface area contributed by atoms with Crippen molar-refractivity contribution in [2.24, 2.45) is 7.05 Å². The summed E-state index contributed by atoms with van der Waals surface area (Å²) in [4.78, 5) is 0. The van der Waals surface area contributed by atoms with Gasteiger partial charge in [-0.3, -0.25) is 4.68 Å². The summed E-state index contributed by atoms with van der Waals surface area (Å²) in [5.74, 6) is 0.429. The van der Waals surface area contributed by atoms with Gasteiger partial charge < -0.3 is 10.1 Å². The summed E-state index contributed by atoms with van der Waals surface area (Å²) >= 11 is 0. The molecule has 0 unspecified atom stereocenters. The van der Waals surface area contributed by atoms with E-state index in [-0.39, 0.29) is 11.9 Å². The van der Waals surface area contributed by atoms with Crippen molar-refractivity contribution < 1.29 is 9.13 Å². The fourth-order valence-electron chi connectivity index (χ4n) is 2.93. The molecule has 0 fully saturated rings. The van der Waals surface area contributed by atoms with Gasteiger partial charge in [0, 0.05) is 30.4 Å². The van der Waals surface area contributed by atoms with Gasteiger partial charge in [0.25, 0.3) is 0 Å². The maximum Gasteiger partial charge on any atom is 0.126 e. The van der Waals surface area contributed by atoms with Crippen LogP contribution in [-0.2, 0) is 13.5 Å². The third-order valence-corrected chi connectivity index (χ3v) is 4.37. The Labute approximate surface area is 130 Å². The Hall–Kier alpha value is -1.88. The number of hydrogen-bond donors (Lipinski definition) is 1. The number of halogens is 1. The molecule has 0 bridgehead atoms. The van der Waals surface area contributed by atoms with E-state index in [1.165, 1.54) is 23.4 Å². The number of rotatable bonds is 4. The second-order valence-corrected chi connectivity index (χ2v) is 5.81. The summed E-state index contributed by atoms with van der Waals surface area (Å²) in [6.07, 6.45) is 4.84. The molecule has 5 heteroatoms. The molecule has 0 saturated heterocycles.